The van der Waals surface area contributed by atoms with Gasteiger partial charge in [0.2, 0.25) is 0 Å². The Balaban J connectivity index is 2.10. The summed E-state index contributed by atoms with van der Waals surface area (Å²) in [4.78, 5) is 21.2. The van der Waals surface area contributed by atoms with Crippen LogP contribution >= 0.6 is 0 Å². The SMILES string of the molecule is CCC(C)(CCO)NC(=O)c1ccnc(C2CCCC2)n1. The smallest absolute Gasteiger partial charge is 0.270 e. The van der Waals surface area contributed by atoms with Gasteiger partial charge >= 0.3 is 0 Å². The van der Waals surface area contributed by atoms with Gasteiger partial charge in [0, 0.05) is 24.3 Å². The Morgan fingerprint density at radius 2 is 2.19 bits per heavy atom. The van der Waals surface area contributed by atoms with Crippen LogP contribution in [0.2, 0.25) is 0 Å². The first kappa shape index (κ1) is 15.9. The molecule has 5 heteroatoms. The molecule has 21 heavy (non-hydrogen) atoms. The van der Waals surface area contributed by atoms with Crippen molar-refractivity contribution in [3.05, 3.63) is 23.8 Å². The van der Waals surface area contributed by atoms with Gasteiger partial charge in [-0.2, -0.15) is 0 Å². The molecule has 116 valence electrons. The number of carbonyl (C=O) groups is 1. The van der Waals surface area contributed by atoms with Gasteiger partial charge in [0.1, 0.15) is 11.5 Å². The zero-order chi connectivity index (χ0) is 15.3. The third-order valence-corrected chi connectivity index (χ3v) is 4.49. The highest BCUT2D eigenvalue weighted by atomic mass is 16.3. The molecule has 0 bridgehead atoms. The lowest BCUT2D eigenvalue weighted by atomic mass is 9.94. The number of aliphatic hydroxyl groups is 1. The van der Waals surface area contributed by atoms with E-state index in [9.17, 15) is 4.79 Å². The van der Waals surface area contributed by atoms with Crippen LogP contribution in [-0.2, 0) is 0 Å². The van der Waals surface area contributed by atoms with Crippen molar-refractivity contribution in [3.8, 4) is 0 Å². The number of hydrogen-bond acceptors (Lipinski definition) is 4. The lowest BCUT2D eigenvalue weighted by Crippen LogP contribution is -2.46. The molecule has 1 amide bonds. The number of hydrogen-bond donors (Lipinski definition) is 2. The van der Waals surface area contributed by atoms with Crippen LogP contribution in [0.25, 0.3) is 0 Å². The van der Waals surface area contributed by atoms with Gasteiger partial charge in [-0.1, -0.05) is 19.8 Å². The lowest BCUT2D eigenvalue weighted by Gasteiger charge is -2.28. The van der Waals surface area contributed by atoms with E-state index in [4.69, 9.17) is 5.11 Å². The van der Waals surface area contributed by atoms with Gasteiger partial charge in [0.15, 0.2) is 0 Å². The molecule has 1 aliphatic carbocycles. The third kappa shape index (κ3) is 4.00. The Labute approximate surface area is 126 Å². The molecule has 5 nitrogen and oxygen atoms in total. The fourth-order valence-electron chi connectivity index (χ4n) is 2.79. The normalized spacial score (nSPS) is 18.4. The Morgan fingerprint density at radius 3 is 2.81 bits per heavy atom. The first-order chi connectivity index (χ1) is 10.1. The molecule has 0 aliphatic heterocycles. The maximum absolute atomic E-state index is 12.4. The second-order valence-corrected chi connectivity index (χ2v) is 6.12. The predicted octanol–water partition coefficient (Wildman–Crippen LogP) is 2.42. The van der Waals surface area contributed by atoms with Crippen molar-refractivity contribution < 1.29 is 9.90 Å². The van der Waals surface area contributed by atoms with E-state index in [2.05, 4.69) is 15.3 Å². The van der Waals surface area contributed by atoms with Crippen LogP contribution in [0.1, 0.15) is 74.6 Å². The molecule has 1 unspecified atom stereocenters. The molecular weight excluding hydrogens is 266 g/mol. The van der Waals surface area contributed by atoms with Crippen LogP contribution in [0.5, 0.6) is 0 Å². The van der Waals surface area contributed by atoms with Gasteiger partial charge < -0.3 is 10.4 Å². The van der Waals surface area contributed by atoms with Gasteiger partial charge in [-0.3, -0.25) is 4.79 Å². The van der Waals surface area contributed by atoms with E-state index in [1.807, 2.05) is 13.8 Å². The van der Waals surface area contributed by atoms with E-state index < -0.39 is 5.54 Å². The summed E-state index contributed by atoms with van der Waals surface area (Å²) in [6, 6.07) is 1.66. The number of nitrogens with one attached hydrogen (secondary N) is 1. The molecule has 1 fully saturated rings. The second kappa shape index (κ2) is 6.98. The first-order valence-corrected chi connectivity index (χ1v) is 7.84. The summed E-state index contributed by atoms with van der Waals surface area (Å²) in [5, 5.41) is 12.1. The monoisotopic (exact) mass is 291 g/mol. The first-order valence-electron chi connectivity index (χ1n) is 7.84. The fourth-order valence-corrected chi connectivity index (χ4v) is 2.79. The van der Waals surface area contributed by atoms with Gasteiger partial charge in [0.05, 0.1) is 0 Å². The predicted molar refractivity (Wildman–Crippen MR) is 81.1 cm³/mol. The maximum Gasteiger partial charge on any atom is 0.270 e. The average molecular weight is 291 g/mol. The summed E-state index contributed by atoms with van der Waals surface area (Å²) in [6.07, 6.45) is 7.63. The van der Waals surface area contributed by atoms with E-state index in [0.717, 1.165) is 25.1 Å². The maximum atomic E-state index is 12.4. The minimum atomic E-state index is -0.399. The van der Waals surface area contributed by atoms with Crippen molar-refractivity contribution in [2.75, 3.05) is 6.61 Å². The Hall–Kier alpha value is -1.49. The number of aliphatic hydroxyl groups excluding tert-OH is 1. The molecule has 1 aromatic rings. The highest BCUT2D eigenvalue weighted by Gasteiger charge is 2.26. The van der Waals surface area contributed by atoms with Crippen molar-refractivity contribution in [2.45, 2.75) is 63.8 Å². The number of carbonyl (C=O) groups excluding carboxylic acids is 1. The van der Waals surface area contributed by atoms with Crippen LogP contribution in [0, 0.1) is 0 Å². The van der Waals surface area contributed by atoms with E-state index in [1.54, 1.807) is 12.3 Å². The van der Waals surface area contributed by atoms with Crippen molar-refractivity contribution in [2.24, 2.45) is 0 Å². The minimum absolute atomic E-state index is 0.0573. The molecule has 2 N–H and O–H groups in total. The molecule has 1 saturated carbocycles. The second-order valence-electron chi connectivity index (χ2n) is 6.12. The highest BCUT2D eigenvalue weighted by molar-refractivity contribution is 5.92. The number of rotatable bonds is 6. The van der Waals surface area contributed by atoms with Gasteiger partial charge in [-0.25, -0.2) is 9.97 Å². The van der Waals surface area contributed by atoms with E-state index in [1.165, 1.54) is 12.8 Å². The Morgan fingerprint density at radius 1 is 1.48 bits per heavy atom. The lowest BCUT2D eigenvalue weighted by molar-refractivity contribution is 0.0880. The molecule has 0 saturated heterocycles. The zero-order valence-electron chi connectivity index (χ0n) is 12.9. The van der Waals surface area contributed by atoms with Crippen molar-refractivity contribution in [3.63, 3.8) is 0 Å². The van der Waals surface area contributed by atoms with E-state index in [-0.39, 0.29) is 12.5 Å². The quantitative estimate of drug-likeness (QED) is 0.844. The number of nitrogens with zero attached hydrogens (tertiary/aromatic N) is 2. The van der Waals surface area contributed by atoms with Gasteiger partial charge in [0.25, 0.3) is 5.91 Å². The van der Waals surface area contributed by atoms with Gasteiger partial charge in [-0.05, 0) is 38.7 Å². The van der Waals surface area contributed by atoms with Crippen LogP contribution < -0.4 is 5.32 Å². The van der Waals surface area contributed by atoms with Gasteiger partial charge in [-0.15, -0.1) is 0 Å². The van der Waals surface area contributed by atoms with Crippen molar-refractivity contribution in [1.82, 2.24) is 15.3 Å². The van der Waals surface area contributed by atoms with Crippen LogP contribution in [-0.4, -0.2) is 33.1 Å². The summed E-state index contributed by atoms with van der Waals surface area (Å²) in [6.45, 7) is 4.00. The topological polar surface area (TPSA) is 75.1 Å². The highest BCUT2D eigenvalue weighted by Crippen LogP contribution is 2.31. The summed E-state index contributed by atoms with van der Waals surface area (Å²) >= 11 is 0. The molecule has 0 aromatic carbocycles. The minimum Gasteiger partial charge on any atom is -0.396 e. The molecule has 1 aliphatic rings. The van der Waals surface area contributed by atoms with E-state index in [0.29, 0.717) is 18.0 Å². The molecule has 1 atom stereocenters. The standard InChI is InChI=1S/C16H25N3O2/c1-3-16(2,9-11-20)19-15(21)13-8-10-17-14(18-13)12-6-4-5-7-12/h8,10,12,20H,3-7,9,11H2,1-2H3,(H,19,21). The molecule has 2 rings (SSSR count). The molecule has 0 radical (unpaired) electrons. The summed E-state index contributed by atoms with van der Waals surface area (Å²) in [5.74, 6) is 1.00. The molecule has 1 aromatic heterocycles. The van der Waals surface area contributed by atoms with Crippen molar-refractivity contribution in [1.29, 1.82) is 0 Å². The van der Waals surface area contributed by atoms with Crippen molar-refractivity contribution >= 4 is 5.91 Å². The van der Waals surface area contributed by atoms with E-state index >= 15 is 0 Å². The number of aromatic nitrogens is 2. The van der Waals surface area contributed by atoms with Crippen LogP contribution in [0.3, 0.4) is 0 Å². The summed E-state index contributed by atoms with van der Waals surface area (Å²) < 4.78 is 0. The van der Waals surface area contributed by atoms with Crippen LogP contribution in [0.4, 0.5) is 0 Å². The third-order valence-electron chi connectivity index (χ3n) is 4.49. The number of amides is 1. The average Bonchev–Trinajstić information content (AvgIpc) is 3.02. The summed E-state index contributed by atoms with van der Waals surface area (Å²) in [5.41, 5.74) is 0.0223. The summed E-state index contributed by atoms with van der Waals surface area (Å²) in [7, 11) is 0. The Bertz CT molecular complexity index is 486. The molecular formula is C16H25N3O2. The Kier molecular flexibility index (Phi) is 5.28. The molecule has 0 spiro atoms. The molecule has 1 heterocycles. The zero-order valence-corrected chi connectivity index (χ0v) is 12.9. The fraction of sp³-hybridized carbons (Fsp3) is 0.688. The largest absolute Gasteiger partial charge is 0.396 e. The van der Waals surface area contributed by atoms with Crippen LogP contribution in [0.15, 0.2) is 12.3 Å².